The van der Waals surface area contributed by atoms with Crippen molar-refractivity contribution in [3.63, 3.8) is 0 Å². The van der Waals surface area contributed by atoms with Gasteiger partial charge in [-0.05, 0) is 57.9 Å². The zero-order valence-corrected chi connectivity index (χ0v) is 24.4. The molecule has 0 radical (unpaired) electrons. The molecule has 1 aliphatic rings. The van der Waals surface area contributed by atoms with Gasteiger partial charge in [-0.25, -0.2) is 9.40 Å². The predicted molar refractivity (Wildman–Crippen MR) is 155 cm³/mol. The minimum Gasteiger partial charge on any atom is -0.495 e. The maximum atomic E-state index is 14.6. The van der Waals surface area contributed by atoms with Crippen LogP contribution in [0.4, 0.5) is 8.78 Å². The molecule has 10 heteroatoms. The summed E-state index contributed by atoms with van der Waals surface area (Å²) in [5, 5.41) is 11.6. The molecule has 1 fully saturated rings. The molecule has 2 N–H and O–H groups in total. The summed E-state index contributed by atoms with van der Waals surface area (Å²) in [6.45, 7) is 14.8. The molecule has 0 aliphatic carbocycles. The molecular formula is C30H42F2N4O4. The number of nitrogens with zero attached hydrogens (tertiary/aromatic N) is 2. The summed E-state index contributed by atoms with van der Waals surface area (Å²) in [7, 11) is 0.500. The lowest BCUT2D eigenvalue weighted by Crippen LogP contribution is -2.36. The van der Waals surface area contributed by atoms with Crippen LogP contribution >= 0.6 is 0 Å². The van der Waals surface area contributed by atoms with Crippen LogP contribution in [0.3, 0.4) is 0 Å². The number of halogens is 2. The van der Waals surface area contributed by atoms with Gasteiger partial charge in [0, 0.05) is 25.1 Å². The number of amidine groups is 1. The molecule has 0 saturated carbocycles. The fourth-order valence-electron chi connectivity index (χ4n) is 3.65. The molecule has 1 aromatic carbocycles. The lowest BCUT2D eigenvalue weighted by molar-refractivity contribution is -0.125. The summed E-state index contributed by atoms with van der Waals surface area (Å²) in [5.74, 6) is -0.963. The SMILES string of the molecule is C=C(/C=C\C(F)=C(/C)OCCC)N(/N=C(\C)NC(=O)C1CNC(=O)C1)/C(=C\C)c1cccc(COCC)c1.CF. The molecule has 1 saturated heterocycles. The van der Waals surface area contributed by atoms with E-state index >= 15 is 0 Å². The van der Waals surface area contributed by atoms with Gasteiger partial charge < -0.3 is 20.1 Å². The fourth-order valence-corrected chi connectivity index (χ4v) is 3.65. The van der Waals surface area contributed by atoms with E-state index in [0.29, 0.717) is 44.2 Å². The molecule has 2 rings (SSSR count). The van der Waals surface area contributed by atoms with Gasteiger partial charge >= 0.3 is 0 Å². The number of hydrogen-bond donors (Lipinski definition) is 2. The van der Waals surface area contributed by atoms with Crippen molar-refractivity contribution in [3.05, 3.63) is 77.5 Å². The van der Waals surface area contributed by atoms with Crippen LogP contribution in [0, 0.1) is 5.92 Å². The number of amides is 2. The highest BCUT2D eigenvalue weighted by atomic mass is 19.1. The van der Waals surface area contributed by atoms with E-state index in [-0.39, 0.29) is 30.5 Å². The first-order valence-electron chi connectivity index (χ1n) is 13.2. The third kappa shape index (κ3) is 11.1. The number of allylic oxidation sites excluding steroid dienone is 5. The van der Waals surface area contributed by atoms with E-state index in [1.165, 1.54) is 12.2 Å². The summed E-state index contributed by atoms with van der Waals surface area (Å²) in [6.07, 6.45) is 5.54. The number of alkyl halides is 1. The van der Waals surface area contributed by atoms with Crippen LogP contribution in [0.2, 0.25) is 0 Å². The Labute approximate surface area is 236 Å². The van der Waals surface area contributed by atoms with Crippen molar-refractivity contribution in [1.82, 2.24) is 15.6 Å². The highest BCUT2D eigenvalue weighted by molar-refractivity contribution is 6.00. The first kappa shape index (κ1) is 34.2. The van der Waals surface area contributed by atoms with Crippen LogP contribution in [-0.2, 0) is 25.7 Å². The Morgan fingerprint density at radius 1 is 1.27 bits per heavy atom. The molecule has 220 valence electrons. The number of ether oxygens (including phenoxy) is 2. The third-order valence-electron chi connectivity index (χ3n) is 5.65. The molecule has 2 amide bonds. The van der Waals surface area contributed by atoms with Gasteiger partial charge in [0.15, 0.2) is 5.83 Å². The largest absolute Gasteiger partial charge is 0.495 e. The first-order chi connectivity index (χ1) is 19.2. The first-order valence-corrected chi connectivity index (χ1v) is 13.2. The summed E-state index contributed by atoms with van der Waals surface area (Å²) in [6, 6.07) is 7.80. The van der Waals surface area contributed by atoms with Crippen molar-refractivity contribution in [3.8, 4) is 0 Å². The van der Waals surface area contributed by atoms with Crippen molar-refractivity contribution in [2.24, 2.45) is 11.0 Å². The normalized spacial score (nSPS) is 16.1. The Morgan fingerprint density at radius 3 is 2.60 bits per heavy atom. The molecule has 40 heavy (non-hydrogen) atoms. The zero-order valence-electron chi connectivity index (χ0n) is 24.4. The van der Waals surface area contributed by atoms with E-state index in [4.69, 9.17) is 9.47 Å². The number of carbonyl (C=O) groups excluding carboxylic acids is 2. The summed E-state index contributed by atoms with van der Waals surface area (Å²) >= 11 is 0. The van der Waals surface area contributed by atoms with E-state index < -0.39 is 11.7 Å². The highest BCUT2D eigenvalue weighted by Gasteiger charge is 2.28. The minimum absolute atomic E-state index is 0.135. The number of hydrazone groups is 1. The molecule has 1 unspecified atom stereocenters. The Kier molecular flexibility index (Phi) is 15.8. The van der Waals surface area contributed by atoms with Gasteiger partial charge in [0.2, 0.25) is 11.8 Å². The standard InChI is InChI=1S/C29H39FN4O4.CH3F/c1-7-15-38-21(5)26(30)14-13-20(4)34(33-22(6)32-29(36)25-17-28(35)31-18-25)27(8-2)24-12-10-11-23(16-24)19-37-9-3;1-2/h8,10-14,16,25H,4,7,9,15,17-19H2,1-3,5-6H3,(H,31,35)(H,32,33,36);1H3/b14-13-,26-21-,27-8-;. The van der Waals surface area contributed by atoms with E-state index in [1.807, 2.05) is 51.1 Å². The quantitative estimate of drug-likeness (QED) is 0.105. The average molecular weight is 561 g/mol. The van der Waals surface area contributed by atoms with E-state index in [2.05, 4.69) is 22.3 Å². The molecule has 0 spiro atoms. The maximum absolute atomic E-state index is 14.6. The van der Waals surface area contributed by atoms with Crippen molar-refractivity contribution in [2.75, 3.05) is 26.9 Å². The molecule has 1 aromatic rings. The second kappa shape index (κ2) is 18.5. The Bertz CT molecular complexity index is 1130. The number of benzene rings is 1. The highest BCUT2D eigenvalue weighted by Crippen LogP contribution is 2.26. The van der Waals surface area contributed by atoms with Gasteiger partial charge in [-0.1, -0.05) is 37.8 Å². The van der Waals surface area contributed by atoms with E-state index in [0.717, 1.165) is 17.5 Å². The second-order valence-electron chi connectivity index (χ2n) is 8.78. The van der Waals surface area contributed by atoms with Gasteiger partial charge in [-0.3, -0.25) is 14.0 Å². The Hall–Kier alpha value is -3.79. The van der Waals surface area contributed by atoms with Crippen molar-refractivity contribution < 1.29 is 27.8 Å². The van der Waals surface area contributed by atoms with Gasteiger partial charge in [0.1, 0.15) is 11.6 Å². The molecule has 1 aliphatic heterocycles. The van der Waals surface area contributed by atoms with Gasteiger partial charge in [0.25, 0.3) is 0 Å². The van der Waals surface area contributed by atoms with Crippen LogP contribution < -0.4 is 10.6 Å². The number of carbonyl (C=O) groups is 2. The number of nitrogens with one attached hydrogen (secondary N) is 2. The summed E-state index contributed by atoms with van der Waals surface area (Å²) in [4.78, 5) is 24.2. The van der Waals surface area contributed by atoms with Crippen LogP contribution in [-0.4, -0.2) is 49.6 Å². The second-order valence-corrected chi connectivity index (χ2v) is 8.78. The Morgan fingerprint density at radius 2 is 2.00 bits per heavy atom. The van der Waals surface area contributed by atoms with Crippen LogP contribution in [0.15, 0.2) is 71.5 Å². The number of rotatable bonds is 13. The van der Waals surface area contributed by atoms with Gasteiger partial charge in [-0.15, -0.1) is 0 Å². The van der Waals surface area contributed by atoms with Crippen molar-refractivity contribution >= 4 is 23.3 Å². The van der Waals surface area contributed by atoms with E-state index in [1.54, 1.807) is 18.9 Å². The predicted octanol–water partition coefficient (Wildman–Crippen LogP) is 5.75. The van der Waals surface area contributed by atoms with Crippen molar-refractivity contribution in [1.29, 1.82) is 0 Å². The van der Waals surface area contributed by atoms with E-state index in [9.17, 15) is 18.4 Å². The van der Waals surface area contributed by atoms with Gasteiger partial charge in [-0.2, -0.15) is 5.10 Å². The minimum atomic E-state index is -0.521. The van der Waals surface area contributed by atoms with Crippen LogP contribution in [0.5, 0.6) is 0 Å². The smallest absolute Gasteiger partial charge is 0.230 e. The lowest BCUT2D eigenvalue weighted by atomic mass is 10.1. The fraction of sp³-hybridized carbons (Fsp3) is 0.433. The maximum Gasteiger partial charge on any atom is 0.230 e. The molecule has 1 heterocycles. The molecule has 0 bridgehead atoms. The molecule has 1 atom stereocenters. The van der Waals surface area contributed by atoms with Crippen LogP contribution in [0.25, 0.3) is 5.70 Å². The number of hydrogen-bond acceptors (Lipinski definition) is 6. The van der Waals surface area contributed by atoms with Crippen molar-refractivity contribution in [2.45, 2.75) is 54.1 Å². The monoisotopic (exact) mass is 560 g/mol. The zero-order chi connectivity index (χ0) is 30.1. The topological polar surface area (TPSA) is 92.3 Å². The van der Waals surface area contributed by atoms with Gasteiger partial charge in [0.05, 0.1) is 37.7 Å². The molecule has 0 aromatic heterocycles. The Balaban J connectivity index is 0.00000391. The van der Waals surface area contributed by atoms with Crippen LogP contribution in [0.1, 0.15) is 58.6 Å². The third-order valence-corrected chi connectivity index (χ3v) is 5.65. The molecular weight excluding hydrogens is 518 g/mol. The summed E-state index contributed by atoms with van der Waals surface area (Å²) in [5.41, 5.74) is 2.85. The average Bonchev–Trinajstić information content (AvgIpc) is 3.40. The summed E-state index contributed by atoms with van der Waals surface area (Å²) < 4.78 is 35.0. The molecule has 8 nitrogen and oxygen atoms in total. The lowest BCUT2D eigenvalue weighted by Gasteiger charge is -2.24.